The highest BCUT2D eigenvalue weighted by molar-refractivity contribution is 9.10. The van der Waals surface area contributed by atoms with Gasteiger partial charge in [0.05, 0.1) is 4.47 Å². The van der Waals surface area contributed by atoms with E-state index in [1.165, 1.54) is 18.2 Å². The molecule has 0 aliphatic carbocycles. The van der Waals surface area contributed by atoms with Crippen molar-refractivity contribution in [3.05, 3.63) is 34.1 Å². The van der Waals surface area contributed by atoms with E-state index in [0.717, 1.165) is 0 Å². The van der Waals surface area contributed by atoms with Gasteiger partial charge in [0.15, 0.2) is 0 Å². The maximum atomic E-state index is 12.8. The lowest BCUT2D eigenvalue weighted by molar-refractivity contribution is -0.138. The van der Waals surface area contributed by atoms with Gasteiger partial charge >= 0.3 is 5.97 Å². The second-order valence-corrected chi connectivity index (χ2v) is 3.75. The fourth-order valence-electron chi connectivity index (χ4n) is 1.01. The van der Waals surface area contributed by atoms with Crippen molar-refractivity contribution in [2.24, 2.45) is 5.73 Å². The zero-order valence-corrected chi connectivity index (χ0v) is 8.79. The van der Waals surface area contributed by atoms with E-state index in [1.54, 1.807) is 0 Å². The minimum Gasteiger partial charge on any atom is -0.480 e. The molecule has 5 heteroatoms. The van der Waals surface area contributed by atoms with Crippen LogP contribution in [0.2, 0.25) is 0 Å². The number of carboxylic acids is 1. The van der Waals surface area contributed by atoms with E-state index < -0.39 is 12.0 Å². The Bertz CT molecular complexity index is 357. The molecule has 1 aromatic carbocycles. The summed E-state index contributed by atoms with van der Waals surface area (Å²) < 4.78 is 13.1. The van der Waals surface area contributed by atoms with Crippen molar-refractivity contribution in [3.63, 3.8) is 0 Å². The summed E-state index contributed by atoms with van der Waals surface area (Å²) in [5.74, 6) is -1.44. The molecule has 1 rings (SSSR count). The first-order valence-electron chi connectivity index (χ1n) is 3.93. The largest absolute Gasteiger partial charge is 0.480 e. The van der Waals surface area contributed by atoms with Crippen molar-refractivity contribution < 1.29 is 14.3 Å². The first-order valence-corrected chi connectivity index (χ1v) is 4.72. The SMILES string of the molecule is NC(Cc1ccc(F)c(Br)c1)C(=O)O. The van der Waals surface area contributed by atoms with Gasteiger partial charge in [-0.3, -0.25) is 4.79 Å². The molecule has 3 nitrogen and oxygen atoms in total. The summed E-state index contributed by atoms with van der Waals surface area (Å²) in [5, 5.41) is 8.56. The van der Waals surface area contributed by atoms with Gasteiger partial charge in [-0.25, -0.2) is 4.39 Å². The Morgan fingerprint density at radius 2 is 2.29 bits per heavy atom. The summed E-state index contributed by atoms with van der Waals surface area (Å²) in [6, 6.07) is 3.36. The summed E-state index contributed by atoms with van der Waals surface area (Å²) in [6.45, 7) is 0. The van der Waals surface area contributed by atoms with Crippen LogP contribution in [0.4, 0.5) is 4.39 Å². The molecule has 76 valence electrons. The molecule has 0 spiro atoms. The highest BCUT2D eigenvalue weighted by Gasteiger charge is 2.12. The fraction of sp³-hybridized carbons (Fsp3) is 0.222. The lowest BCUT2D eigenvalue weighted by atomic mass is 10.1. The van der Waals surface area contributed by atoms with Gasteiger partial charge in [-0.05, 0) is 40.0 Å². The molecule has 1 atom stereocenters. The quantitative estimate of drug-likeness (QED) is 0.868. The van der Waals surface area contributed by atoms with Gasteiger partial charge in [0, 0.05) is 0 Å². The fourth-order valence-corrected chi connectivity index (χ4v) is 1.43. The van der Waals surface area contributed by atoms with E-state index in [0.29, 0.717) is 10.0 Å². The molecule has 3 N–H and O–H groups in total. The Morgan fingerprint density at radius 3 is 2.79 bits per heavy atom. The number of hydrogen-bond acceptors (Lipinski definition) is 2. The van der Waals surface area contributed by atoms with E-state index in [4.69, 9.17) is 10.8 Å². The Hall–Kier alpha value is -0.940. The van der Waals surface area contributed by atoms with Gasteiger partial charge in [0.1, 0.15) is 11.9 Å². The minimum absolute atomic E-state index is 0.189. The number of carboxylic acid groups (broad SMARTS) is 1. The van der Waals surface area contributed by atoms with Crippen LogP contribution in [0.25, 0.3) is 0 Å². The molecule has 0 aliphatic heterocycles. The van der Waals surface area contributed by atoms with Crippen molar-refractivity contribution >= 4 is 21.9 Å². The predicted molar refractivity (Wildman–Crippen MR) is 53.4 cm³/mol. The van der Waals surface area contributed by atoms with Crippen LogP contribution in [0.3, 0.4) is 0 Å². The topological polar surface area (TPSA) is 63.3 Å². The first-order chi connectivity index (χ1) is 6.50. The van der Waals surface area contributed by atoms with Crippen molar-refractivity contribution in [1.29, 1.82) is 0 Å². The highest BCUT2D eigenvalue weighted by atomic mass is 79.9. The Kier molecular flexibility index (Phi) is 3.60. The van der Waals surface area contributed by atoms with E-state index in [2.05, 4.69) is 15.9 Å². The lowest BCUT2D eigenvalue weighted by Crippen LogP contribution is -2.32. The molecule has 0 aliphatic rings. The zero-order chi connectivity index (χ0) is 10.7. The maximum Gasteiger partial charge on any atom is 0.320 e. The maximum absolute atomic E-state index is 12.8. The Balaban J connectivity index is 2.78. The van der Waals surface area contributed by atoms with Gasteiger partial charge < -0.3 is 10.8 Å². The monoisotopic (exact) mass is 261 g/mol. The van der Waals surface area contributed by atoms with Crippen molar-refractivity contribution in [2.75, 3.05) is 0 Å². The number of carbonyl (C=O) groups is 1. The van der Waals surface area contributed by atoms with Crippen molar-refractivity contribution in [1.82, 2.24) is 0 Å². The number of hydrogen-bond donors (Lipinski definition) is 2. The second-order valence-electron chi connectivity index (χ2n) is 2.90. The van der Waals surface area contributed by atoms with Gasteiger partial charge in [0.25, 0.3) is 0 Å². The molecular weight excluding hydrogens is 253 g/mol. The molecule has 0 radical (unpaired) electrons. The average Bonchev–Trinajstić information content (AvgIpc) is 2.11. The first kappa shape index (κ1) is 11.1. The molecule has 14 heavy (non-hydrogen) atoms. The molecule has 0 saturated carbocycles. The minimum atomic E-state index is -1.06. The summed E-state index contributed by atoms with van der Waals surface area (Å²) in [4.78, 5) is 10.4. The summed E-state index contributed by atoms with van der Waals surface area (Å²) in [5.41, 5.74) is 6.02. The van der Waals surface area contributed by atoms with Crippen LogP contribution in [-0.2, 0) is 11.2 Å². The number of benzene rings is 1. The molecule has 0 bridgehead atoms. The molecule has 1 aromatic rings. The smallest absolute Gasteiger partial charge is 0.320 e. The van der Waals surface area contributed by atoms with Crippen LogP contribution in [0.15, 0.2) is 22.7 Å². The standard InChI is InChI=1S/C9H9BrFNO2/c10-6-3-5(1-2-7(6)11)4-8(12)9(13)14/h1-3,8H,4,12H2,(H,13,14). The number of halogens is 2. The molecule has 0 fully saturated rings. The molecule has 1 unspecified atom stereocenters. The third kappa shape index (κ3) is 2.78. The molecule has 0 amide bonds. The van der Waals surface area contributed by atoms with E-state index in [-0.39, 0.29) is 12.2 Å². The van der Waals surface area contributed by atoms with Crippen molar-refractivity contribution in [2.45, 2.75) is 12.5 Å². The van der Waals surface area contributed by atoms with Crippen LogP contribution in [-0.4, -0.2) is 17.1 Å². The molecule has 0 heterocycles. The van der Waals surface area contributed by atoms with Gasteiger partial charge in [-0.2, -0.15) is 0 Å². The van der Waals surface area contributed by atoms with Crippen LogP contribution in [0, 0.1) is 5.82 Å². The van der Waals surface area contributed by atoms with E-state index in [1.807, 2.05) is 0 Å². The normalized spacial score (nSPS) is 12.5. The third-order valence-corrected chi connectivity index (χ3v) is 2.36. The van der Waals surface area contributed by atoms with E-state index >= 15 is 0 Å². The zero-order valence-electron chi connectivity index (χ0n) is 7.21. The van der Waals surface area contributed by atoms with Gasteiger partial charge in [-0.15, -0.1) is 0 Å². The summed E-state index contributed by atoms with van der Waals surface area (Å²) in [6.07, 6.45) is 0.189. The molecule has 0 aromatic heterocycles. The van der Waals surface area contributed by atoms with Crippen LogP contribution >= 0.6 is 15.9 Å². The average molecular weight is 262 g/mol. The molecule has 0 saturated heterocycles. The highest BCUT2D eigenvalue weighted by Crippen LogP contribution is 2.17. The Labute approximate surface area is 88.9 Å². The number of rotatable bonds is 3. The van der Waals surface area contributed by atoms with Crippen LogP contribution < -0.4 is 5.73 Å². The van der Waals surface area contributed by atoms with Gasteiger partial charge in [-0.1, -0.05) is 6.07 Å². The molecular formula is C9H9BrFNO2. The summed E-state index contributed by atoms with van der Waals surface area (Å²) >= 11 is 3.01. The van der Waals surface area contributed by atoms with Crippen LogP contribution in [0.5, 0.6) is 0 Å². The van der Waals surface area contributed by atoms with Crippen LogP contribution in [0.1, 0.15) is 5.56 Å². The van der Waals surface area contributed by atoms with Gasteiger partial charge in [0.2, 0.25) is 0 Å². The second kappa shape index (κ2) is 4.52. The Morgan fingerprint density at radius 1 is 1.64 bits per heavy atom. The predicted octanol–water partition coefficient (Wildman–Crippen LogP) is 1.54. The van der Waals surface area contributed by atoms with Crippen molar-refractivity contribution in [3.8, 4) is 0 Å². The number of nitrogens with two attached hydrogens (primary N) is 1. The lowest BCUT2D eigenvalue weighted by Gasteiger charge is -2.06. The number of aliphatic carboxylic acids is 1. The third-order valence-electron chi connectivity index (χ3n) is 1.76. The van der Waals surface area contributed by atoms with E-state index in [9.17, 15) is 9.18 Å². The summed E-state index contributed by atoms with van der Waals surface area (Å²) in [7, 11) is 0.